The lowest BCUT2D eigenvalue weighted by Gasteiger charge is -2.46. The molecule has 0 radical (unpaired) electrons. The first-order valence-corrected chi connectivity index (χ1v) is 7.05. The van der Waals surface area contributed by atoms with Crippen molar-refractivity contribution in [3.63, 3.8) is 0 Å². The van der Waals surface area contributed by atoms with Crippen molar-refractivity contribution in [2.45, 2.75) is 32.7 Å². The second-order valence-corrected chi connectivity index (χ2v) is 6.21. The van der Waals surface area contributed by atoms with Gasteiger partial charge in [0.15, 0.2) is 0 Å². The molecule has 0 spiro atoms. The fourth-order valence-electron chi connectivity index (χ4n) is 2.94. The number of rotatable bonds is 3. The smallest absolute Gasteiger partial charge is 0.130 e. The van der Waals surface area contributed by atoms with E-state index in [9.17, 15) is 0 Å². The number of aromatic nitrogens is 2. The van der Waals surface area contributed by atoms with Gasteiger partial charge < -0.3 is 10.6 Å². The van der Waals surface area contributed by atoms with E-state index >= 15 is 0 Å². The van der Waals surface area contributed by atoms with Crippen LogP contribution in [0.1, 0.15) is 25.1 Å². The summed E-state index contributed by atoms with van der Waals surface area (Å²) >= 11 is 0. The summed E-state index contributed by atoms with van der Waals surface area (Å²) in [5.74, 6) is 1.25. The molecular weight excluding hydrogens is 238 g/mol. The van der Waals surface area contributed by atoms with E-state index in [-0.39, 0.29) is 5.54 Å². The van der Waals surface area contributed by atoms with Gasteiger partial charge in [-0.3, -0.25) is 9.58 Å². The van der Waals surface area contributed by atoms with Gasteiger partial charge >= 0.3 is 0 Å². The molecule has 1 saturated heterocycles. The van der Waals surface area contributed by atoms with Crippen molar-refractivity contribution >= 4 is 5.82 Å². The Hall–Kier alpha value is -1.07. The predicted molar refractivity (Wildman–Crippen MR) is 79.6 cm³/mol. The lowest BCUT2D eigenvalue weighted by atomic mass is 9.99. The molecule has 0 amide bonds. The number of anilines is 1. The Morgan fingerprint density at radius 1 is 1.26 bits per heavy atom. The number of nitrogens with two attached hydrogens (primary N) is 1. The summed E-state index contributed by atoms with van der Waals surface area (Å²) in [5, 5.41) is 4.58. The molecule has 0 aromatic carbocycles. The Morgan fingerprint density at radius 2 is 1.95 bits per heavy atom. The van der Waals surface area contributed by atoms with Crippen LogP contribution in [-0.4, -0.2) is 53.4 Å². The van der Waals surface area contributed by atoms with Crippen LogP contribution in [-0.2, 0) is 13.5 Å². The zero-order chi connectivity index (χ0) is 14.2. The van der Waals surface area contributed by atoms with E-state index in [0.717, 1.165) is 31.7 Å². The van der Waals surface area contributed by atoms with E-state index in [1.165, 1.54) is 11.4 Å². The molecule has 0 bridgehead atoms. The molecule has 19 heavy (non-hydrogen) atoms. The molecule has 2 heterocycles. The van der Waals surface area contributed by atoms with Crippen LogP contribution in [0.3, 0.4) is 0 Å². The minimum atomic E-state index is 0.191. The van der Waals surface area contributed by atoms with Gasteiger partial charge in [-0.25, -0.2) is 0 Å². The van der Waals surface area contributed by atoms with Gasteiger partial charge in [0, 0.05) is 37.8 Å². The van der Waals surface area contributed by atoms with Crippen LogP contribution >= 0.6 is 0 Å². The third-order valence-electron chi connectivity index (χ3n) is 4.32. The molecule has 1 aliphatic rings. The number of likely N-dealkylation sites (N-methyl/N-ethyl adjacent to an activating group) is 1. The number of nitrogens with zero attached hydrogens (tertiary/aromatic N) is 4. The maximum atomic E-state index is 5.75. The zero-order valence-corrected chi connectivity index (χ0v) is 12.9. The van der Waals surface area contributed by atoms with E-state index in [2.05, 4.69) is 42.7 Å². The van der Waals surface area contributed by atoms with Crippen LogP contribution in [0.5, 0.6) is 0 Å². The van der Waals surface area contributed by atoms with Crippen molar-refractivity contribution in [3.8, 4) is 0 Å². The molecule has 1 aliphatic heterocycles. The van der Waals surface area contributed by atoms with Gasteiger partial charge in [-0.15, -0.1) is 0 Å². The van der Waals surface area contributed by atoms with E-state index in [1.807, 2.05) is 11.7 Å². The molecule has 5 heteroatoms. The quantitative estimate of drug-likeness (QED) is 0.876. The van der Waals surface area contributed by atoms with Crippen LogP contribution in [0.4, 0.5) is 5.82 Å². The summed E-state index contributed by atoms with van der Waals surface area (Å²) < 4.78 is 2.02. The maximum Gasteiger partial charge on any atom is 0.130 e. The first-order valence-electron chi connectivity index (χ1n) is 7.05. The van der Waals surface area contributed by atoms with Crippen molar-refractivity contribution in [2.24, 2.45) is 12.8 Å². The number of hydrogen-bond acceptors (Lipinski definition) is 4. The fraction of sp³-hybridized carbons (Fsp3) is 0.786. The number of piperazine rings is 1. The zero-order valence-electron chi connectivity index (χ0n) is 12.9. The Kier molecular flexibility index (Phi) is 3.87. The molecule has 1 fully saturated rings. The molecule has 2 N–H and O–H groups in total. The van der Waals surface area contributed by atoms with Crippen molar-refractivity contribution < 1.29 is 0 Å². The summed E-state index contributed by atoms with van der Waals surface area (Å²) in [5.41, 5.74) is 8.36. The lowest BCUT2D eigenvalue weighted by molar-refractivity contribution is 0.138. The summed E-state index contributed by atoms with van der Waals surface area (Å²) in [6.45, 7) is 10.5. The highest BCUT2D eigenvalue weighted by atomic mass is 15.4. The average molecular weight is 265 g/mol. The van der Waals surface area contributed by atoms with Gasteiger partial charge in [-0.1, -0.05) is 0 Å². The molecule has 5 nitrogen and oxygen atoms in total. The Bertz CT molecular complexity index is 449. The van der Waals surface area contributed by atoms with Crippen LogP contribution in [0.15, 0.2) is 0 Å². The molecule has 0 atom stereocenters. The predicted octanol–water partition coefficient (Wildman–Crippen LogP) is 0.760. The number of hydrogen-bond donors (Lipinski definition) is 1. The highest BCUT2D eigenvalue weighted by Gasteiger charge is 2.33. The second-order valence-electron chi connectivity index (χ2n) is 6.21. The number of aryl methyl sites for hydroxylation is 2. The minimum absolute atomic E-state index is 0.191. The van der Waals surface area contributed by atoms with E-state index in [4.69, 9.17) is 5.73 Å². The molecule has 0 saturated carbocycles. The molecule has 1 aromatic rings. The molecule has 108 valence electrons. The minimum Gasteiger partial charge on any atom is -0.353 e. The third kappa shape index (κ3) is 2.62. The largest absolute Gasteiger partial charge is 0.353 e. The summed E-state index contributed by atoms with van der Waals surface area (Å²) in [6, 6.07) is 0. The Morgan fingerprint density at radius 3 is 2.53 bits per heavy atom. The fourth-order valence-corrected chi connectivity index (χ4v) is 2.94. The molecule has 1 aromatic heterocycles. The topological polar surface area (TPSA) is 50.3 Å². The lowest BCUT2D eigenvalue weighted by Crippen LogP contribution is -2.58. The van der Waals surface area contributed by atoms with Crippen LogP contribution in [0.2, 0.25) is 0 Å². The van der Waals surface area contributed by atoms with E-state index < -0.39 is 0 Å². The first kappa shape index (κ1) is 14.3. The SMILES string of the molecule is Cc1nn(C)c(N2CCN(C)C(C)(C)C2)c1CCN. The van der Waals surface area contributed by atoms with Crippen LogP contribution < -0.4 is 10.6 Å². The van der Waals surface area contributed by atoms with Gasteiger partial charge in [-0.2, -0.15) is 5.10 Å². The van der Waals surface area contributed by atoms with Crippen molar-refractivity contribution in [1.82, 2.24) is 14.7 Å². The maximum absolute atomic E-state index is 5.75. The van der Waals surface area contributed by atoms with Crippen molar-refractivity contribution in [2.75, 3.05) is 38.1 Å². The van der Waals surface area contributed by atoms with Gasteiger partial charge in [-0.05, 0) is 40.8 Å². The highest BCUT2D eigenvalue weighted by molar-refractivity contribution is 5.51. The molecule has 2 rings (SSSR count). The van der Waals surface area contributed by atoms with E-state index in [0.29, 0.717) is 6.54 Å². The normalized spacial score (nSPS) is 20.0. The molecular formula is C14H27N5. The first-order chi connectivity index (χ1) is 8.86. The third-order valence-corrected chi connectivity index (χ3v) is 4.32. The second kappa shape index (κ2) is 5.13. The van der Waals surface area contributed by atoms with Crippen molar-refractivity contribution in [3.05, 3.63) is 11.3 Å². The average Bonchev–Trinajstić information content (AvgIpc) is 2.59. The summed E-state index contributed by atoms with van der Waals surface area (Å²) in [6.07, 6.45) is 0.905. The van der Waals surface area contributed by atoms with Gasteiger partial charge in [0.05, 0.1) is 5.69 Å². The monoisotopic (exact) mass is 265 g/mol. The Balaban J connectivity index is 2.32. The summed E-state index contributed by atoms with van der Waals surface area (Å²) in [7, 11) is 4.24. The van der Waals surface area contributed by atoms with Crippen LogP contribution in [0.25, 0.3) is 0 Å². The molecule has 0 unspecified atom stereocenters. The van der Waals surface area contributed by atoms with Crippen molar-refractivity contribution in [1.29, 1.82) is 0 Å². The molecule has 0 aliphatic carbocycles. The Labute approximate surface area is 116 Å². The van der Waals surface area contributed by atoms with E-state index in [1.54, 1.807) is 0 Å². The van der Waals surface area contributed by atoms with Gasteiger partial charge in [0.25, 0.3) is 0 Å². The van der Waals surface area contributed by atoms with Gasteiger partial charge in [0.1, 0.15) is 5.82 Å². The highest BCUT2D eigenvalue weighted by Crippen LogP contribution is 2.28. The van der Waals surface area contributed by atoms with Gasteiger partial charge in [0.2, 0.25) is 0 Å². The summed E-state index contributed by atoms with van der Waals surface area (Å²) in [4.78, 5) is 4.89. The van der Waals surface area contributed by atoms with Crippen LogP contribution in [0, 0.1) is 6.92 Å². The standard InChI is InChI=1S/C14H27N5/c1-11-12(6-7-15)13(18(5)16-11)19-9-8-17(4)14(2,3)10-19/h6-10,15H2,1-5H3.